The van der Waals surface area contributed by atoms with Crippen LogP contribution in [0.5, 0.6) is 0 Å². The minimum absolute atomic E-state index is 0.0342. The van der Waals surface area contributed by atoms with Crippen LogP contribution in [-0.4, -0.2) is 26.9 Å². The zero-order valence-electron chi connectivity index (χ0n) is 19.1. The van der Waals surface area contributed by atoms with E-state index in [0.29, 0.717) is 61.1 Å². The summed E-state index contributed by atoms with van der Waals surface area (Å²) in [4.78, 5) is 19.6. The van der Waals surface area contributed by atoms with Gasteiger partial charge in [0.05, 0.1) is 11.6 Å². The quantitative estimate of drug-likeness (QED) is 0.272. The number of amides is 1. The highest BCUT2D eigenvalue weighted by Gasteiger charge is 2.27. The van der Waals surface area contributed by atoms with Crippen LogP contribution in [0.4, 0.5) is 20.3 Å². The van der Waals surface area contributed by atoms with Gasteiger partial charge in [-0.15, -0.1) is 0 Å². The van der Waals surface area contributed by atoms with Crippen molar-refractivity contribution in [1.29, 1.82) is 0 Å². The molecule has 0 saturated carbocycles. The van der Waals surface area contributed by atoms with Crippen LogP contribution in [0.15, 0.2) is 71.2 Å². The molecule has 5 rings (SSSR count). The van der Waals surface area contributed by atoms with Crippen molar-refractivity contribution in [2.75, 3.05) is 11.9 Å². The van der Waals surface area contributed by atoms with E-state index in [4.69, 9.17) is 16.6 Å². The third kappa shape index (κ3) is 5.29. The Morgan fingerprint density at radius 3 is 2.50 bits per heavy atom. The van der Waals surface area contributed by atoms with Crippen LogP contribution >= 0.6 is 27.5 Å². The monoisotopic (exact) mass is 570 g/mol. The lowest BCUT2D eigenvalue weighted by Crippen LogP contribution is -2.38. The minimum Gasteiger partial charge on any atom is -0.340 e. The van der Waals surface area contributed by atoms with Gasteiger partial charge in [0.25, 0.3) is 0 Å². The lowest BCUT2D eigenvalue weighted by molar-refractivity contribution is -0.132. The molecule has 0 saturated heterocycles. The van der Waals surface area contributed by atoms with E-state index >= 15 is 0 Å². The van der Waals surface area contributed by atoms with Gasteiger partial charge < -0.3 is 14.8 Å². The summed E-state index contributed by atoms with van der Waals surface area (Å²) in [6.07, 6.45) is 1.06. The van der Waals surface area contributed by atoms with E-state index < -0.39 is 5.82 Å². The van der Waals surface area contributed by atoms with Crippen molar-refractivity contribution in [1.82, 2.24) is 14.5 Å². The third-order valence-electron chi connectivity index (χ3n) is 6.17. The molecule has 0 radical (unpaired) electrons. The number of halogens is 4. The molecule has 3 aromatic carbocycles. The van der Waals surface area contributed by atoms with E-state index in [1.54, 1.807) is 23.1 Å². The first-order chi connectivity index (χ1) is 17.4. The zero-order chi connectivity index (χ0) is 25.2. The fourth-order valence-electron chi connectivity index (χ4n) is 4.25. The first-order valence-electron chi connectivity index (χ1n) is 11.5. The number of hydrogen-bond acceptors (Lipinski definition) is 3. The van der Waals surface area contributed by atoms with Crippen LogP contribution in [0.1, 0.15) is 17.8 Å². The molecule has 1 aromatic heterocycles. The lowest BCUT2D eigenvalue weighted by atomic mass is 10.1. The van der Waals surface area contributed by atoms with Crippen molar-refractivity contribution in [3.63, 3.8) is 0 Å². The van der Waals surface area contributed by atoms with Gasteiger partial charge in [-0.3, -0.25) is 4.79 Å². The van der Waals surface area contributed by atoms with Gasteiger partial charge >= 0.3 is 0 Å². The van der Waals surface area contributed by atoms with Crippen molar-refractivity contribution in [2.24, 2.45) is 0 Å². The second kappa shape index (κ2) is 10.4. The number of nitrogens with one attached hydrogen (secondary N) is 1. The lowest BCUT2D eigenvalue weighted by Gasteiger charge is -2.28. The fraction of sp³-hybridized carbons (Fsp3) is 0.185. The van der Waals surface area contributed by atoms with E-state index in [2.05, 4.69) is 21.2 Å². The van der Waals surface area contributed by atoms with Gasteiger partial charge in [0.1, 0.15) is 29.0 Å². The molecule has 1 amide bonds. The summed E-state index contributed by atoms with van der Waals surface area (Å²) in [6.45, 7) is 1.39. The summed E-state index contributed by atoms with van der Waals surface area (Å²) in [5.41, 5.74) is 2.93. The molecule has 4 aromatic rings. The van der Waals surface area contributed by atoms with E-state index in [0.717, 1.165) is 10.0 Å². The van der Waals surface area contributed by atoms with Crippen LogP contribution in [0.3, 0.4) is 0 Å². The van der Waals surface area contributed by atoms with Gasteiger partial charge in [-0.2, -0.15) is 0 Å². The molecule has 0 unspecified atom stereocenters. The summed E-state index contributed by atoms with van der Waals surface area (Å²) in [5, 5.41) is 3.29. The largest absolute Gasteiger partial charge is 0.340 e. The van der Waals surface area contributed by atoms with Gasteiger partial charge in [-0.05, 0) is 66.6 Å². The molecule has 9 heteroatoms. The molecule has 1 aliphatic rings. The van der Waals surface area contributed by atoms with E-state index in [9.17, 15) is 13.6 Å². The van der Waals surface area contributed by atoms with Crippen LogP contribution in [0.2, 0.25) is 5.02 Å². The molecule has 0 atom stereocenters. The summed E-state index contributed by atoms with van der Waals surface area (Å²) in [6, 6.07) is 18.5. The van der Waals surface area contributed by atoms with Crippen molar-refractivity contribution >= 4 is 44.9 Å². The SMILES string of the molecule is O=C(CCc1ccc(Br)cc1)N1CCn2c(nc(-c3ccc(F)cc3)c2Nc2ccc(Cl)c(F)c2)C1. The molecule has 5 nitrogen and oxygen atoms in total. The fourth-order valence-corrected chi connectivity index (χ4v) is 4.63. The Labute approximate surface area is 220 Å². The van der Waals surface area contributed by atoms with Gasteiger partial charge in [0.15, 0.2) is 0 Å². The maximum Gasteiger partial charge on any atom is 0.223 e. The smallest absolute Gasteiger partial charge is 0.223 e. The van der Waals surface area contributed by atoms with Crippen molar-refractivity contribution in [3.8, 4) is 11.3 Å². The number of hydrogen-bond donors (Lipinski definition) is 1. The standard InChI is InChI=1S/C27H22BrClF2N4O/c28-19-6-1-17(2-7-19)3-12-25(36)34-13-14-35-24(16-34)33-26(18-4-8-20(30)9-5-18)27(35)32-21-10-11-22(29)23(31)15-21/h1-2,4-11,15,32H,3,12-14,16H2. The number of aromatic nitrogens is 2. The number of carbonyl (C=O) groups excluding carboxylic acids is 1. The van der Waals surface area contributed by atoms with Gasteiger partial charge in [0.2, 0.25) is 5.91 Å². The van der Waals surface area contributed by atoms with E-state index in [1.807, 2.05) is 28.8 Å². The molecular formula is C27H22BrClF2N4O. The summed E-state index contributed by atoms with van der Waals surface area (Å²) >= 11 is 9.27. The molecule has 1 aliphatic heterocycles. The molecule has 0 spiro atoms. The number of fused-ring (bicyclic) bond motifs is 1. The summed E-state index contributed by atoms with van der Waals surface area (Å²) < 4.78 is 30.7. The van der Waals surface area contributed by atoms with Crippen LogP contribution in [-0.2, 0) is 24.3 Å². The van der Waals surface area contributed by atoms with Gasteiger partial charge in [-0.25, -0.2) is 13.8 Å². The van der Waals surface area contributed by atoms with E-state index in [-0.39, 0.29) is 16.7 Å². The molecule has 0 fully saturated rings. The van der Waals surface area contributed by atoms with Crippen molar-refractivity contribution < 1.29 is 13.6 Å². The predicted octanol–water partition coefficient (Wildman–Crippen LogP) is 6.96. The molecule has 0 aliphatic carbocycles. The van der Waals surface area contributed by atoms with Crippen LogP contribution in [0.25, 0.3) is 11.3 Å². The minimum atomic E-state index is -0.536. The first-order valence-corrected chi connectivity index (χ1v) is 12.6. The number of rotatable bonds is 6. The predicted molar refractivity (Wildman–Crippen MR) is 140 cm³/mol. The highest BCUT2D eigenvalue weighted by molar-refractivity contribution is 9.10. The van der Waals surface area contributed by atoms with Crippen LogP contribution in [0, 0.1) is 11.6 Å². The number of imidazole rings is 1. The molecule has 0 bridgehead atoms. The summed E-state index contributed by atoms with van der Waals surface area (Å²) in [5.74, 6) is 0.532. The number of nitrogens with zero attached hydrogens (tertiary/aromatic N) is 3. The average Bonchev–Trinajstić information content (AvgIpc) is 3.23. The number of benzene rings is 3. The highest BCUT2D eigenvalue weighted by atomic mass is 79.9. The first kappa shape index (κ1) is 24.5. The van der Waals surface area contributed by atoms with Crippen LogP contribution < -0.4 is 5.32 Å². The molecule has 184 valence electrons. The second-order valence-electron chi connectivity index (χ2n) is 8.58. The van der Waals surface area contributed by atoms with Crippen molar-refractivity contribution in [2.45, 2.75) is 25.9 Å². The molecular weight excluding hydrogens is 550 g/mol. The summed E-state index contributed by atoms with van der Waals surface area (Å²) in [7, 11) is 0. The second-order valence-corrected chi connectivity index (χ2v) is 9.90. The Hall–Kier alpha value is -3.23. The highest BCUT2D eigenvalue weighted by Crippen LogP contribution is 2.34. The maximum atomic E-state index is 14.1. The number of anilines is 2. The van der Waals surface area contributed by atoms with Gasteiger partial charge in [0, 0.05) is 35.2 Å². The average molecular weight is 572 g/mol. The Balaban J connectivity index is 1.40. The Kier molecular flexibility index (Phi) is 7.07. The normalized spacial score (nSPS) is 12.9. The maximum absolute atomic E-state index is 14.1. The molecule has 36 heavy (non-hydrogen) atoms. The Bertz CT molecular complexity index is 1410. The Morgan fingerprint density at radius 2 is 1.78 bits per heavy atom. The topological polar surface area (TPSA) is 50.2 Å². The number of aryl methyl sites for hydroxylation is 1. The van der Waals surface area contributed by atoms with E-state index in [1.165, 1.54) is 24.3 Å². The third-order valence-corrected chi connectivity index (χ3v) is 7.00. The Morgan fingerprint density at radius 1 is 1.03 bits per heavy atom. The molecule has 1 N–H and O–H groups in total. The number of carbonyl (C=O) groups is 1. The van der Waals surface area contributed by atoms with Crippen molar-refractivity contribution in [3.05, 3.63) is 99.2 Å². The van der Waals surface area contributed by atoms with Gasteiger partial charge in [-0.1, -0.05) is 39.7 Å². The molecule has 2 heterocycles. The zero-order valence-corrected chi connectivity index (χ0v) is 21.5.